The third kappa shape index (κ3) is 2.47. The SMILES string of the molecule is C/C(=N\NC(N)=S)C1C=CC=C1. The minimum Gasteiger partial charge on any atom is -0.375 e. The van der Waals surface area contributed by atoms with Gasteiger partial charge >= 0.3 is 0 Å². The molecule has 1 rings (SSSR count). The largest absolute Gasteiger partial charge is 0.375 e. The van der Waals surface area contributed by atoms with E-state index >= 15 is 0 Å². The Balaban J connectivity index is 2.51. The highest BCUT2D eigenvalue weighted by Crippen LogP contribution is 2.09. The number of thiocarbonyl (C=S) groups is 1. The van der Waals surface area contributed by atoms with Crippen molar-refractivity contribution in [1.82, 2.24) is 5.43 Å². The van der Waals surface area contributed by atoms with E-state index in [1.54, 1.807) is 0 Å². The van der Waals surface area contributed by atoms with Crippen molar-refractivity contribution in [3.05, 3.63) is 24.3 Å². The van der Waals surface area contributed by atoms with E-state index in [1.807, 2.05) is 19.1 Å². The Morgan fingerprint density at radius 2 is 2.08 bits per heavy atom. The predicted molar refractivity (Wildman–Crippen MR) is 54.8 cm³/mol. The normalized spacial score (nSPS) is 16.9. The molecule has 0 radical (unpaired) electrons. The van der Waals surface area contributed by atoms with Crippen LogP contribution in [0.15, 0.2) is 29.4 Å². The van der Waals surface area contributed by atoms with Crippen molar-refractivity contribution >= 4 is 23.0 Å². The number of hydrazone groups is 1. The highest BCUT2D eigenvalue weighted by molar-refractivity contribution is 7.80. The zero-order valence-corrected chi connectivity index (χ0v) is 7.64. The number of nitrogens with two attached hydrogens (primary N) is 1. The van der Waals surface area contributed by atoms with Gasteiger partial charge < -0.3 is 5.73 Å². The van der Waals surface area contributed by atoms with Gasteiger partial charge in [-0.1, -0.05) is 24.3 Å². The maximum atomic E-state index is 5.22. The fraction of sp³-hybridized carbons (Fsp3) is 0.250. The van der Waals surface area contributed by atoms with Gasteiger partial charge in [-0.05, 0) is 19.1 Å². The standard InChI is InChI=1S/C8H11N3S/c1-6(10-11-8(9)12)7-4-2-3-5-7/h2-5,7H,1H3,(H3,9,11,12)/b10-6+. The highest BCUT2D eigenvalue weighted by Gasteiger charge is 2.06. The summed E-state index contributed by atoms with van der Waals surface area (Å²) in [4.78, 5) is 0. The second-order valence-corrected chi connectivity index (χ2v) is 2.96. The summed E-state index contributed by atoms with van der Waals surface area (Å²) >= 11 is 4.61. The fourth-order valence-electron chi connectivity index (χ4n) is 0.928. The van der Waals surface area contributed by atoms with E-state index in [9.17, 15) is 0 Å². The molecule has 0 unspecified atom stereocenters. The van der Waals surface area contributed by atoms with Crippen molar-refractivity contribution in [2.75, 3.05) is 0 Å². The molecule has 12 heavy (non-hydrogen) atoms. The molecule has 0 atom stereocenters. The minimum absolute atomic E-state index is 0.195. The maximum absolute atomic E-state index is 5.22. The Hall–Kier alpha value is -1.16. The van der Waals surface area contributed by atoms with Crippen LogP contribution in [0.5, 0.6) is 0 Å². The van der Waals surface area contributed by atoms with Crippen LogP contribution in [-0.2, 0) is 0 Å². The van der Waals surface area contributed by atoms with Crippen molar-refractivity contribution < 1.29 is 0 Å². The maximum Gasteiger partial charge on any atom is 0.184 e. The second kappa shape index (κ2) is 4.01. The molecule has 3 nitrogen and oxygen atoms in total. The lowest BCUT2D eigenvalue weighted by atomic mass is 10.1. The first-order valence-electron chi connectivity index (χ1n) is 3.65. The average molecular weight is 181 g/mol. The first-order valence-corrected chi connectivity index (χ1v) is 4.05. The average Bonchev–Trinajstić information content (AvgIpc) is 2.51. The van der Waals surface area contributed by atoms with Gasteiger partial charge in [0.15, 0.2) is 5.11 Å². The molecule has 0 spiro atoms. The van der Waals surface area contributed by atoms with Gasteiger partial charge in [-0.25, -0.2) is 0 Å². The van der Waals surface area contributed by atoms with Crippen LogP contribution < -0.4 is 11.2 Å². The summed E-state index contributed by atoms with van der Waals surface area (Å²) in [6.45, 7) is 1.93. The molecule has 0 bridgehead atoms. The van der Waals surface area contributed by atoms with Crippen molar-refractivity contribution in [1.29, 1.82) is 0 Å². The number of rotatable bonds is 2. The zero-order valence-electron chi connectivity index (χ0n) is 6.82. The first-order chi connectivity index (χ1) is 5.70. The number of allylic oxidation sites excluding steroid dienone is 4. The highest BCUT2D eigenvalue weighted by atomic mass is 32.1. The van der Waals surface area contributed by atoms with Crippen LogP contribution in [0.1, 0.15) is 6.92 Å². The lowest BCUT2D eigenvalue weighted by molar-refractivity contribution is 0.987. The van der Waals surface area contributed by atoms with E-state index in [2.05, 4.69) is 34.9 Å². The Labute approximate surface area is 77.0 Å². The van der Waals surface area contributed by atoms with Gasteiger partial charge in [0.05, 0.1) is 0 Å². The summed E-state index contributed by atoms with van der Waals surface area (Å²) in [6, 6.07) is 0. The summed E-state index contributed by atoms with van der Waals surface area (Å²) in [6.07, 6.45) is 8.09. The Morgan fingerprint density at radius 3 is 2.58 bits per heavy atom. The van der Waals surface area contributed by atoms with Crippen molar-refractivity contribution in [3.63, 3.8) is 0 Å². The van der Waals surface area contributed by atoms with Crippen LogP contribution >= 0.6 is 12.2 Å². The Morgan fingerprint density at radius 1 is 1.50 bits per heavy atom. The van der Waals surface area contributed by atoms with Gasteiger partial charge in [0.25, 0.3) is 0 Å². The van der Waals surface area contributed by atoms with E-state index in [0.29, 0.717) is 0 Å². The number of hydrogen-bond donors (Lipinski definition) is 2. The van der Waals surface area contributed by atoms with E-state index < -0.39 is 0 Å². The summed E-state index contributed by atoms with van der Waals surface area (Å²) < 4.78 is 0. The molecular formula is C8H11N3S. The molecule has 0 aromatic rings. The van der Waals surface area contributed by atoms with E-state index in [0.717, 1.165) is 5.71 Å². The van der Waals surface area contributed by atoms with Crippen LogP contribution in [0.4, 0.5) is 0 Å². The van der Waals surface area contributed by atoms with Gasteiger partial charge in [-0.2, -0.15) is 5.10 Å². The van der Waals surface area contributed by atoms with Crippen LogP contribution in [-0.4, -0.2) is 10.8 Å². The lowest BCUT2D eigenvalue weighted by Crippen LogP contribution is -2.26. The molecule has 0 amide bonds. The van der Waals surface area contributed by atoms with Crippen LogP contribution in [0.25, 0.3) is 0 Å². The quantitative estimate of drug-likeness (QED) is 0.378. The molecule has 3 N–H and O–H groups in total. The molecule has 0 aliphatic heterocycles. The van der Waals surface area contributed by atoms with Crippen LogP contribution in [0, 0.1) is 5.92 Å². The molecule has 1 aliphatic rings. The lowest BCUT2D eigenvalue weighted by Gasteiger charge is -2.04. The van der Waals surface area contributed by atoms with Gasteiger partial charge in [-0.15, -0.1) is 0 Å². The zero-order chi connectivity index (χ0) is 8.97. The molecule has 0 aromatic heterocycles. The van der Waals surface area contributed by atoms with Gasteiger partial charge in [0.1, 0.15) is 0 Å². The van der Waals surface area contributed by atoms with Crippen LogP contribution in [0.2, 0.25) is 0 Å². The summed E-state index contributed by atoms with van der Waals surface area (Å²) in [5, 5.41) is 4.20. The molecule has 0 heterocycles. The Kier molecular flexibility index (Phi) is 2.99. The molecule has 64 valence electrons. The molecule has 0 fully saturated rings. The van der Waals surface area contributed by atoms with Gasteiger partial charge in [-0.3, -0.25) is 5.43 Å². The number of nitrogens with one attached hydrogen (secondary N) is 1. The molecule has 0 saturated carbocycles. The molecule has 0 aromatic carbocycles. The number of nitrogens with zero attached hydrogens (tertiary/aromatic N) is 1. The summed E-state index contributed by atoms with van der Waals surface area (Å²) in [5.41, 5.74) is 8.72. The van der Waals surface area contributed by atoms with E-state index in [1.165, 1.54) is 0 Å². The van der Waals surface area contributed by atoms with Crippen LogP contribution in [0.3, 0.4) is 0 Å². The molecule has 1 aliphatic carbocycles. The van der Waals surface area contributed by atoms with Crippen molar-refractivity contribution in [3.8, 4) is 0 Å². The Bertz CT molecular complexity index is 253. The topological polar surface area (TPSA) is 50.4 Å². The monoisotopic (exact) mass is 181 g/mol. The molecular weight excluding hydrogens is 170 g/mol. The number of hydrogen-bond acceptors (Lipinski definition) is 2. The third-order valence-electron chi connectivity index (χ3n) is 1.57. The minimum atomic E-state index is 0.195. The smallest absolute Gasteiger partial charge is 0.184 e. The van der Waals surface area contributed by atoms with Gasteiger partial charge in [0.2, 0.25) is 0 Å². The van der Waals surface area contributed by atoms with Crippen molar-refractivity contribution in [2.45, 2.75) is 6.92 Å². The summed E-state index contributed by atoms with van der Waals surface area (Å²) in [7, 11) is 0. The van der Waals surface area contributed by atoms with E-state index in [4.69, 9.17) is 5.73 Å². The molecule has 4 heteroatoms. The first kappa shape index (κ1) is 8.93. The van der Waals surface area contributed by atoms with Gasteiger partial charge in [0, 0.05) is 11.6 Å². The third-order valence-corrected chi connectivity index (χ3v) is 1.66. The summed E-state index contributed by atoms with van der Waals surface area (Å²) in [5.74, 6) is 0.284. The fourth-order valence-corrected chi connectivity index (χ4v) is 0.974. The van der Waals surface area contributed by atoms with Crippen molar-refractivity contribution in [2.24, 2.45) is 16.8 Å². The predicted octanol–water partition coefficient (Wildman–Crippen LogP) is 0.938. The van der Waals surface area contributed by atoms with E-state index in [-0.39, 0.29) is 11.0 Å². The molecule has 0 saturated heterocycles. The second-order valence-electron chi connectivity index (χ2n) is 2.52.